The fourth-order valence-corrected chi connectivity index (χ4v) is 2.11. The number of likely N-dealkylation sites (N-methyl/N-ethyl adjacent to an activating group) is 1. The third-order valence-corrected chi connectivity index (χ3v) is 3.13. The summed E-state index contributed by atoms with van der Waals surface area (Å²) in [6, 6.07) is 9.93. The molecule has 1 fully saturated rings. The number of nitrogens with one attached hydrogen (secondary N) is 1. The average molecular weight is 204 g/mol. The van der Waals surface area contributed by atoms with Crippen molar-refractivity contribution >= 4 is 0 Å². The standard InChI is InChI=1S/C13H20N2/c1-10-4-6-12(7-5-10)11(2)14-13-8-15(3)9-13/h4-7,11,13-14H,8-9H2,1-3H3. The third-order valence-electron chi connectivity index (χ3n) is 3.13. The van der Waals surface area contributed by atoms with Crippen LogP contribution in [-0.4, -0.2) is 31.1 Å². The number of hydrogen-bond acceptors (Lipinski definition) is 2. The quantitative estimate of drug-likeness (QED) is 0.809. The molecule has 1 aromatic carbocycles. The second-order valence-electron chi connectivity index (χ2n) is 4.72. The molecule has 15 heavy (non-hydrogen) atoms. The molecule has 1 aromatic rings. The molecule has 1 saturated heterocycles. The average Bonchev–Trinajstić information content (AvgIpc) is 2.16. The van der Waals surface area contributed by atoms with Crippen LogP contribution >= 0.6 is 0 Å². The summed E-state index contributed by atoms with van der Waals surface area (Å²) in [6.07, 6.45) is 0. The zero-order chi connectivity index (χ0) is 10.8. The zero-order valence-corrected chi connectivity index (χ0v) is 9.83. The zero-order valence-electron chi connectivity index (χ0n) is 9.83. The van der Waals surface area contributed by atoms with E-state index in [0.29, 0.717) is 12.1 Å². The second kappa shape index (κ2) is 4.33. The Morgan fingerprint density at radius 2 is 1.87 bits per heavy atom. The molecule has 2 heteroatoms. The van der Waals surface area contributed by atoms with Gasteiger partial charge in [-0.05, 0) is 26.5 Å². The maximum atomic E-state index is 3.64. The highest BCUT2D eigenvalue weighted by atomic mass is 15.2. The van der Waals surface area contributed by atoms with Crippen LogP contribution in [0, 0.1) is 6.92 Å². The smallest absolute Gasteiger partial charge is 0.0327 e. The topological polar surface area (TPSA) is 15.3 Å². The molecular formula is C13H20N2. The predicted molar refractivity (Wildman–Crippen MR) is 64.0 cm³/mol. The highest BCUT2D eigenvalue weighted by Crippen LogP contribution is 2.16. The Labute approximate surface area is 92.3 Å². The summed E-state index contributed by atoms with van der Waals surface area (Å²) < 4.78 is 0. The van der Waals surface area contributed by atoms with Crippen molar-refractivity contribution in [3.8, 4) is 0 Å². The molecule has 0 aliphatic carbocycles. The molecule has 0 spiro atoms. The van der Waals surface area contributed by atoms with E-state index in [-0.39, 0.29) is 0 Å². The van der Waals surface area contributed by atoms with Gasteiger partial charge in [0.1, 0.15) is 0 Å². The van der Waals surface area contributed by atoms with Gasteiger partial charge in [-0.15, -0.1) is 0 Å². The Bertz CT molecular complexity index is 312. The number of likely N-dealkylation sites (tertiary alicyclic amines) is 1. The molecular weight excluding hydrogens is 184 g/mol. The highest BCUT2D eigenvalue weighted by molar-refractivity contribution is 5.23. The molecule has 0 aromatic heterocycles. The lowest BCUT2D eigenvalue weighted by Crippen LogP contribution is -2.56. The first-order chi connectivity index (χ1) is 7.15. The van der Waals surface area contributed by atoms with Crippen molar-refractivity contribution in [2.75, 3.05) is 20.1 Å². The Morgan fingerprint density at radius 1 is 1.27 bits per heavy atom. The Hall–Kier alpha value is -0.860. The Morgan fingerprint density at radius 3 is 2.40 bits per heavy atom. The van der Waals surface area contributed by atoms with Crippen molar-refractivity contribution in [3.05, 3.63) is 35.4 Å². The van der Waals surface area contributed by atoms with Gasteiger partial charge in [-0.25, -0.2) is 0 Å². The van der Waals surface area contributed by atoms with E-state index < -0.39 is 0 Å². The molecule has 0 radical (unpaired) electrons. The highest BCUT2D eigenvalue weighted by Gasteiger charge is 2.24. The van der Waals surface area contributed by atoms with E-state index in [1.807, 2.05) is 0 Å². The fraction of sp³-hybridized carbons (Fsp3) is 0.538. The predicted octanol–water partition coefficient (Wildman–Crippen LogP) is 1.96. The minimum absolute atomic E-state index is 0.462. The van der Waals surface area contributed by atoms with Gasteiger partial charge in [-0.3, -0.25) is 0 Å². The summed E-state index contributed by atoms with van der Waals surface area (Å²) in [5, 5.41) is 3.64. The minimum Gasteiger partial charge on any atom is -0.305 e. The largest absolute Gasteiger partial charge is 0.305 e. The summed E-state index contributed by atoms with van der Waals surface area (Å²) in [5.74, 6) is 0. The van der Waals surface area contributed by atoms with Crippen molar-refractivity contribution in [2.45, 2.75) is 25.9 Å². The lowest BCUT2D eigenvalue weighted by Gasteiger charge is -2.38. The van der Waals surface area contributed by atoms with Gasteiger partial charge in [-0.1, -0.05) is 29.8 Å². The van der Waals surface area contributed by atoms with Crippen LogP contribution in [0.25, 0.3) is 0 Å². The monoisotopic (exact) mass is 204 g/mol. The van der Waals surface area contributed by atoms with Gasteiger partial charge in [0.25, 0.3) is 0 Å². The van der Waals surface area contributed by atoms with Gasteiger partial charge in [0, 0.05) is 25.2 Å². The normalized spacial score (nSPS) is 19.9. The number of rotatable bonds is 3. The van der Waals surface area contributed by atoms with Crippen molar-refractivity contribution < 1.29 is 0 Å². The first-order valence-corrected chi connectivity index (χ1v) is 5.66. The van der Waals surface area contributed by atoms with E-state index in [0.717, 1.165) is 0 Å². The second-order valence-corrected chi connectivity index (χ2v) is 4.72. The maximum absolute atomic E-state index is 3.64. The van der Waals surface area contributed by atoms with E-state index in [1.165, 1.54) is 24.2 Å². The van der Waals surface area contributed by atoms with Crippen molar-refractivity contribution in [1.82, 2.24) is 10.2 Å². The molecule has 0 saturated carbocycles. The third kappa shape index (κ3) is 2.58. The van der Waals surface area contributed by atoms with E-state index in [1.54, 1.807) is 0 Å². The van der Waals surface area contributed by atoms with E-state index in [4.69, 9.17) is 0 Å². The molecule has 2 rings (SSSR count). The van der Waals surface area contributed by atoms with Crippen LogP contribution in [0.4, 0.5) is 0 Å². The van der Waals surface area contributed by atoms with E-state index >= 15 is 0 Å². The lowest BCUT2D eigenvalue weighted by molar-refractivity contribution is 0.153. The van der Waals surface area contributed by atoms with Gasteiger partial charge < -0.3 is 10.2 Å². The number of nitrogens with zero attached hydrogens (tertiary/aromatic N) is 1. The van der Waals surface area contributed by atoms with Gasteiger partial charge in [0.05, 0.1) is 0 Å². The van der Waals surface area contributed by atoms with Crippen LogP contribution in [-0.2, 0) is 0 Å². The van der Waals surface area contributed by atoms with E-state index in [2.05, 4.69) is 55.4 Å². The maximum Gasteiger partial charge on any atom is 0.0327 e. The lowest BCUT2D eigenvalue weighted by atomic mass is 10.0. The summed E-state index contributed by atoms with van der Waals surface area (Å²) in [6.45, 7) is 6.72. The fourth-order valence-electron chi connectivity index (χ4n) is 2.11. The number of hydrogen-bond donors (Lipinski definition) is 1. The molecule has 2 nitrogen and oxygen atoms in total. The molecule has 1 heterocycles. The SMILES string of the molecule is Cc1ccc(C(C)NC2CN(C)C2)cc1. The molecule has 0 amide bonds. The van der Waals surface area contributed by atoms with E-state index in [9.17, 15) is 0 Å². The first kappa shape index (κ1) is 10.7. The van der Waals surface area contributed by atoms with Gasteiger partial charge in [0.2, 0.25) is 0 Å². The molecule has 1 atom stereocenters. The molecule has 1 unspecified atom stereocenters. The van der Waals surface area contributed by atoms with Crippen LogP contribution < -0.4 is 5.32 Å². The van der Waals surface area contributed by atoms with Crippen LogP contribution in [0.15, 0.2) is 24.3 Å². The number of aryl methyl sites for hydroxylation is 1. The van der Waals surface area contributed by atoms with Gasteiger partial charge in [-0.2, -0.15) is 0 Å². The van der Waals surface area contributed by atoms with Crippen LogP contribution in [0.2, 0.25) is 0 Å². The molecule has 1 aliphatic rings. The van der Waals surface area contributed by atoms with Crippen LogP contribution in [0.1, 0.15) is 24.1 Å². The van der Waals surface area contributed by atoms with Crippen molar-refractivity contribution in [1.29, 1.82) is 0 Å². The summed E-state index contributed by atoms with van der Waals surface area (Å²) in [7, 11) is 2.16. The Balaban J connectivity index is 1.90. The van der Waals surface area contributed by atoms with Crippen LogP contribution in [0.3, 0.4) is 0 Å². The minimum atomic E-state index is 0.462. The van der Waals surface area contributed by atoms with Gasteiger partial charge >= 0.3 is 0 Å². The molecule has 0 bridgehead atoms. The first-order valence-electron chi connectivity index (χ1n) is 5.66. The van der Waals surface area contributed by atoms with Crippen molar-refractivity contribution in [2.24, 2.45) is 0 Å². The summed E-state index contributed by atoms with van der Waals surface area (Å²) in [4.78, 5) is 2.33. The number of benzene rings is 1. The van der Waals surface area contributed by atoms with Crippen LogP contribution in [0.5, 0.6) is 0 Å². The molecule has 1 aliphatic heterocycles. The summed E-state index contributed by atoms with van der Waals surface area (Å²) >= 11 is 0. The molecule has 82 valence electrons. The Kier molecular flexibility index (Phi) is 3.08. The summed E-state index contributed by atoms with van der Waals surface area (Å²) in [5.41, 5.74) is 2.71. The van der Waals surface area contributed by atoms with Gasteiger partial charge in [0.15, 0.2) is 0 Å². The van der Waals surface area contributed by atoms with Crippen molar-refractivity contribution in [3.63, 3.8) is 0 Å². The molecule has 1 N–H and O–H groups in total.